The van der Waals surface area contributed by atoms with Crippen LogP contribution in [0.25, 0.3) is 0 Å². The SMILES string of the molecule is C=CC(=O)OCOc1ccc(Cc2ccc(CC)cc2)cc1. The van der Waals surface area contributed by atoms with Crippen LogP contribution in [0.3, 0.4) is 0 Å². The minimum Gasteiger partial charge on any atom is -0.457 e. The van der Waals surface area contributed by atoms with Crippen molar-refractivity contribution in [2.75, 3.05) is 6.79 Å². The van der Waals surface area contributed by atoms with E-state index in [0.29, 0.717) is 5.75 Å². The van der Waals surface area contributed by atoms with Crippen LogP contribution in [-0.2, 0) is 22.4 Å². The summed E-state index contributed by atoms with van der Waals surface area (Å²) in [4.78, 5) is 10.9. The standard InChI is InChI=1S/C19H20O3/c1-3-15-5-7-16(8-6-15)13-17-9-11-18(12-10-17)21-14-22-19(20)4-2/h4-12H,2-3,13-14H2,1H3. The lowest BCUT2D eigenvalue weighted by molar-refractivity contribution is -0.144. The first-order valence-electron chi connectivity index (χ1n) is 7.30. The van der Waals surface area contributed by atoms with Crippen molar-refractivity contribution in [1.82, 2.24) is 0 Å². The summed E-state index contributed by atoms with van der Waals surface area (Å²) in [7, 11) is 0. The third-order valence-electron chi connectivity index (χ3n) is 3.36. The fourth-order valence-electron chi connectivity index (χ4n) is 2.05. The van der Waals surface area contributed by atoms with E-state index in [1.807, 2.05) is 24.3 Å². The predicted molar refractivity (Wildman–Crippen MR) is 86.9 cm³/mol. The number of carbonyl (C=O) groups is 1. The molecule has 3 nitrogen and oxygen atoms in total. The van der Waals surface area contributed by atoms with Crippen molar-refractivity contribution in [3.05, 3.63) is 77.9 Å². The Labute approximate surface area is 131 Å². The summed E-state index contributed by atoms with van der Waals surface area (Å²) in [6, 6.07) is 16.4. The summed E-state index contributed by atoms with van der Waals surface area (Å²) in [5, 5.41) is 0. The first-order valence-corrected chi connectivity index (χ1v) is 7.30. The smallest absolute Gasteiger partial charge is 0.333 e. The number of ether oxygens (including phenoxy) is 2. The van der Waals surface area contributed by atoms with Gasteiger partial charge < -0.3 is 9.47 Å². The van der Waals surface area contributed by atoms with Crippen molar-refractivity contribution in [3.8, 4) is 5.75 Å². The molecule has 0 aliphatic heterocycles. The molecule has 0 bridgehead atoms. The van der Waals surface area contributed by atoms with E-state index >= 15 is 0 Å². The Hall–Kier alpha value is -2.55. The van der Waals surface area contributed by atoms with Crippen molar-refractivity contribution in [2.24, 2.45) is 0 Å². The summed E-state index contributed by atoms with van der Waals surface area (Å²) in [6.45, 7) is 5.36. The Bertz CT molecular complexity index is 612. The number of hydrogen-bond acceptors (Lipinski definition) is 3. The molecule has 0 atom stereocenters. The minimum atomic E-state index is -0.493. The van der Waals surface area contributed by atoms with E-state index in [1.54, 1.807) is 0 Å². The van der Waals surface area contributed by atoms with Gasteiger partial charge >= 0.3 is 5.97 Å². The molecule has 0 saturated heterocycles. The second-order valence-corrected chi connectivity index (χ2v) is 4.92. The highest BCUT2D eigenvalue weighted by atomic mass is 16.7. The van der Waals surface area contributed by atoms with Gasteiger partial charge in [-0.2, -0.15) is 0 Å². The maximum absolute atomic E-state index is 10.9. The largest absolute Gasteiger partial charge is 0.457 e. The van der Waals surface area contributed by atoms with Crippen molar-refractivity contribution in [2.45, 2.75) is 19.8 Å². The van der Waals surface area contributed by atoms with E-state index in [2.05, 4.69) is 37.8 Å². The summed E-state index contributed by atoms with van der Waals surface area (Å²) >= 11 is 0. The zero-order valence-corrected chi connectivity index (χ0v) is 12.7. The van der Waals surface area contributed by atoms with Gasteiger partial charge in [0.05, 0.1) is 0 Å². The number of benzene rings is 2. The highest BCUT2D eigenvalue weighted by molar-refractivity contribution is 5.81. The summed E-state index contributed by atoms with van der Waals surface area (Å²) in [5.41, 5.74) is 3.84. The predicted octanol–water partition coefficient (Wildman–Crippen LogP) is 3.91. The maximum Gasteiger partial charge on any atom is 0.333 e. The normalized spacial score (nSPS) is 10.0. The molecule has 0 aliphatic carbocycles. The zero-order chi connectivity index (χ0) is 15.8. The lowest BCUT2D eigenvalue weighted by Crippen LogP contribution is -2.07. The molecule has 0 radical (unpaired) electrons. The van der Waals surface area contributed by atoms with Crippen LogP contribution in [0.2, 0.25) is 0 Å². The number of esters is 1. The van der Waals surface area contributed by atoms with Gasteiger partial charge in [-0.05, 0) is 41.7 Å². The molecular weight excluding hydrogens is 276 g/mol. The van der Waals surface area contributed by atoms with E-state index in [-0.39, 0.29) is 6.79 Å². The monoisotopic (exact) mass is 296 g/mol. The third kappa shape index (κ3) is 4.77. The molecule has 0 N–H and O–H groups in total. The molecule has 2 aromatic carbocycles. The second-order valence-electron chi connectivity index (χ2n) is 4.92. The molecule has 0 amide bonds. The fourth-order valence-corrected chi connectivity index (χ4v) is 2.05. The van der Waals surface area contributed by atoms with Crippen LogP contribution in [0.4, 0.5) is 0 Å². The van der Waals surface area contributed by atoms with Gasteiger partial charge in [0.15, 0.2) is 0 Å². The van der Waals surface area contributed by atoms with Crippen molar-refractivity contribution >= 4 is 5.97 Å². The van der Waals surface area contributed by atoms with Crippen LogP contribution >= 0.6 is 0 Å². The molecule has 0 saturated carbocycles. The first-order chi connectivity index (χ1) is 10.7. The Kier molecular flexibility index (Phi) is 5.78. The molecule has 0 spiro atoms. The molecule has 3 heteroatoms. The molecule has 2 aromatic rings. The lowest BCUT2D eigenvalue weighted by Gasteiger charge is -2.07. The van der Waals surface area contributed by atoms with E-state index in [0.717, 1.165) is 18.9 Å². The van der Waals surface area contributed by atoms with Gasteiger partial charge in [0.2, 0.25) is 6.79 Å². The van der Waals surface area contributed by atoms with Crippen LogP contribution in [0, 0.1) is 0 Å². The molecule has 114 valence electrons. The number of carbonyl (C=O) groups excluding carboxylic acids is 1. The average Bonchev–Trinajstić information content (AvgIpc) is 2.57. The zero-order valence-electron chi connectivity index (χ0n) is 12.7. The van der Waals surface area contributed by atoms with E-state index in [1.165, 1.54) is 16.7 Å². The average molecular weight is 296 g/mol. The second kappa shape index (κ2) is 8.03. The topological polar surface area (TPSA) is 35.5 Å². The van der Waals surface area contributed by atoms with E-state index < -0.39 is 5.97 Å². The van der Waals surface area contributed by atoms with Gasteiger partial charge in [0.25, 0.3) is 0 Å². The Morgan fingerprint density at radius 2 is 1.55 bits per heavy atom. The summed E-state index contributed by atoms with van der Waals surface area (Å²) in [6.07, 6.45) is 3.05. The van der Waals surface area contributed by atoms with Crippen molar-refractivity contribution < 1.29 is 14.3 Å². The molecule has 2 rings (SSSR count). The van der Waals surface area contributed by atoms with E-state index in [9.17, 15) is 4.79 Å². The number of hydrogen-bond donors (Lipinski definition) is 0. The van der Waals surface area contributed by atoms with E-state index in [4.69, 9.17) is 9.47 Å². The molecule has 0 unspecified atom stereocenters. The maximum atomic E-state index is 10.9. The Morgan fingerprint density at radius 3 is 2.09 bits per heavy atom. The minimum absolute atomic E-state index is 0.108. The molecule has 0 aliphatic rings. The van der Waals surface area contributed by atoms with Gasteiger partial charge in [-0.15, -0.1) is 0 Å². The molecule has 0 fully saturated rings. The van der Waals surface area contributed by atoms with Crippen molar-refractivity contribution in [3.63, 3.8) is 0 Å². The summed E-state index contributed by atoms with van der Waals surface area (Å²) < 4.78 is 10.1. The Balaban J connectivity index is 1.88. The van der Waals surface area contributed by atoms with Gasteiger partial charge in [0.1, 0.15) is 5.75 Å². The Morgan fingerprint density at radius 1 is 1.00 bits per heavy atom. The lowest BCUT2D eigenvalue weighted by atomic mass is 10.0. The molecule has 0 heterocycles. The van der Waals surface area contributed by atoms with Crippen molar-refractivity contribution in [1.29, 1.82) is 0 Å². The number of aryl methyl sites for hydroxylation is 1. The molecular formula is C19H20O3. The van der Waals surface area contributed by atoms with Crippen LogP contribution < -0.4 is 4.74 Å². The first kappa shape index (κ1) is 15.8. The van der Waals surface area contributed by atoms with Crippen LogP contribution in [0.15, 0.2) is 61.2 Å². The molecule has 22 heavy (non-hydrogen) atoms. The highest BCUT2D eigenvalue weighted by Crippen LogP contribution is 2.16. The van der Waals surface area contributed by atoms with Gasteiger partial charge in [-0.1, -0.05) is 49.9 Å². The van der Waals surface area contributed by atoms with Gasteiger partial charge in [-0.25, -0.2) is 4.79 Å². The third-order valence-corrected chi connectivity index (χ3v) is 3.36. The van der Waals surface area contributed by atoms with Crippen LogP contribution in [0.1, 0.15) is 23.6 Å². The molecule has 0 aromatic heterocycles. The quantitative estimate of drug-likeness (QED) is 0.441. The van der Waals surface area contributed by atoms with Crippen LogP contribution in [-0.4, -0.2) is 12.8 Å². The number of rotatable bonds is 7. The van der Waals surface area contributed by atoms with Gasteiger partial charge in [-0.3, -0.25) is 0 Å². The summed E-state index contributed by atoms with van der Waals surface area (Å²) in [5.74, 6) is 0.175. The fraction of sp³-hybridized carbons (Fsp3) is 0.211. The van der Waals surface area contributed by atoms with Crippen LogP contribution in [0.5, 0.6) is 5.75 Å². The van der Waals surface area contributed by atoms with Gasteiger partial charge in [0, 0.05) is 6.08 Å². The highest BCUT2D eigenvalue weighted by Gasteiger charge is 2.00.